The van der Waals surface area contributed by atoms with Crippen LogP contribution in [0.2, 0.25) is 0 Å². The van der Waals surface area contributed by atoms with Crippen molar-refractivity contribution in [2.75, 3.05) is 6.54 Å². The van der Waals surface area contributed by atoms with E-state index >= 15 is 0 Å². The van der Waals surface area contributed by atoms with Crippen molar-refractivity contribution in [3.05, 3.63) is 39.7 Å². The molecule has 100 valence electrons. The van der Waals surface area contributed by atoms with E-state index in [9.17, 15) is 18.7 Å². The molecule has 0 aliphatic rings. The fraction of sp³-hybridized carbons (Fsp3) is 0.455. The van der Waals surface area contributed by atoms with Gasteiger partial charge in [0, 0.05) is 27.7 Å². The number of nitro groups is 1. The van der Waals surface area contributed by atoms with Gasteiger partial charge in [-0.1, -0.05) is 6.92 Å². The van der Waals surface area contributed by atoms with Crippen molar-refractivity contribution in [3.63, 3.8) is 0 Å². The van der Waals surface area contributed by atoms with Gasteiger partial charge in [0.05, 0.1) is 10.7 Å². The Balaban J connectivity index is 2.92. The summed E-state index contributed by atoms with van der Waals surface area (Å²) in [6.07, 6.45) is 0.565. The molecule has 2 atom stereocenters. The summed E-state index contributed by atoms with van der Waals surface area (Å²) in [4.78, 5) is 10.2. The zero-order valence-corrected chi connectivity index (χ0v) is 10.8. The number of hydrogen-bond acceptors (Lipinski definition) is 4. The van der Waals surface area contributed by atoms with E-state index in [0.717, 1.165) is 18.2 Å². The highest BCUT2D eigenvalue weighted by atomic mass is 32.2. The average Bonchev–Trinajstić information content (AvgIpc) is 2.28. The SMILES string of the molecule is CC(CCN)S(=O)Cc1cc(F)ccc1[N+](=O)[O-]. The van der Waals surface area contributed by atoms with Crippen molar-refractivity contribution >= 4 is 16.5 Å². The largest absolute Gasteiger partial charge is 0.330 e. The van der Waals surface area contributed by atoms with Gasteiger partial charge in [0.15, 0.2) is 0 Å². The molecule has 7 heteroatoms. The molecule has 0 amide bonds. The Morgan fingerprint density at radius 1 is 1.56 bits per heavy atom. The summed E-state index contributed by atoms with van der Waals surface area (Å²) in [5.74, 6) is -0.603. The Morgan fingerprint density at radius 3 is 2.78 bits per heavy atom. The Morgan fingerprint density at radius 2 is 2.22 bits per heavy atom. The molecule has 0 spiro atoms. The predicted molar refractivity (Wildman–Crippen MR) is 68.0 cm³/mol. The summed E-state index contributed by atoms with van der Waals surface area (Å²) in [5.41, 5.74) is 5.31. The monoisotopic (exact) mass is 274 g/mol. The molecular weight excluding hydrogens is 259 g/mol. The molecule has 0 heterocycles. The van der Waals surface area contributed by atoms with Gasteiger partial charge in [-0.2, -0.15) is 0 Å². The minimum atomic E-state index is -1.30. The first-order valence-electron chi connectivity index (χ1n) is 5.45. The fourth-order valence-electron chi connectivity index (χ4n) is 1.51. The number of nitrogens with zero attached hydrogens (tertiary/aromatic N) is 1. The summed E-state index contributed by atoms with van der Waals surface area (Å²) >= 11 is 0. The summed E-state index contributed by atoms with van der Waals surface area (Å²) in [6, 6.07) is 3.18. The standard InChI is InChI=1S/C11H15FN2O3S/c1-8(4-5-13)18(17)7-9-6-10(12)2-3-11(9)14(15)16/h2-3,6,8H,4-5,7,13H2,1H3. The van der Waals surface area contributed by atoms with Gasteiger partial charge in [-0.05, 0) is 25.1 Å². The molecule has 1 aromatic rings. The van der Waals surface area contributed by atoms with Gasteiger partial charge in [0.1, 0.15) is 5.82 Å². The lowest BCUT2D eigenvalue weighted by molar-refractivity contribution is -0.385. The number of hydrogen-bond donors (Lipinski definition) is 1. The zero-order valence-electron chi connectivity index (χ0n) is 9.97. The van der Waals surface area contributed by atoms with E-state index in [1.807, 2.05) is 0 Å². The predicted octanol–water partition coefficient (Wildman–Crippen LogP) is 1.72. The van der Waals surface area contributed by atoms with Gasteiger partial charge in [-0.25, -0.2) is 4.39 Å². The van der Waals surface area contributed by atoms with Crippen LogP contribution in [-0.2, 0) is 16.6 Å². The second-order valence-electron chi connectivity index (χ2n) is 3.94. The molecule has 18 heavy (non-hydrogen) atoms. The van der Waals surface area contributed by atoms with Crippen molar-refractivity contribution in [2.45, 2.75) is 24.3 Å². The van der Waals surface area contributed by atoms with Crippen LogP contribution in [0.5, 0.6) is 0 Å². The van der Waals surface area contributed by atoms with Crippen LogP contribution >= 0.6 is 0 Å². The van der Waals surface area contributed by atoms with Crippen LogP contribution in [0, 0.1) is 15.9 Å². The third-order valence-corrected chi connectivity index (χ3v) is 4.29. The van der Waals surface area contributed by atoms with Crippen molar-refractivity contribution in [2.24, 2.45) is 5.73 Å². The maximum Gasteiger partial charge on any atom is 0.273 e. The van der Waals surface area contributed by atoms with Gasteiger partial charge in [0.25, 0.3) is 5.69 Å². The van der Waals surface area contributed by atoms with Gasteiger partial charge >= 0.3 is 0 Å². The fourth-order valence-corrected chi connectivity index (χ4v) is 2.73. The third-order valence-electron chi connectivity index (χ3n) is 2.56. The Labute approximate surface area is 107 Å². The summed E-state index contributed by atoms with van der Waals surface area (Å²) < 4.78 is 25.0. The van der Waals surface area contributed by atoms with Crippen LogP contribution in [0.15, 0.2) is 18.2 Å². The van der Waals surface area contributed by atoms with Crippen molar-refractivity contribution in [1.82, 2.24) is 0 Å². The maximum absolute atomic E-state index is 13.1. The quantitative estimate of drug-likeness (QED) is 0.632. The molecule has 0 aliphatic carbocycles. The molecule has 2 unspecified atom stereocenters. The number of halogens is 1. The highest BCUT2D eigenvalue weighted by Crippen LogP contribution is 2.22. The van der Waals surface area contributed by atoms with E-state index < -0.39 is 21.5 Å². The number of benzene rings is 1. The lowest BCUT2D eigenvalue weighted by Crippen LogP contribution is -2.17. The normalized spacial score (nSPS) is 14.2. The van der Waals surface area contributed by atoms with Crippen LogP contribution in [0.1, 0.15) is 18.9 Å². The average molecular weight is 274 g/mol. The molecule has 0 aliphatic heterocycles. The lowest BCUT2D eigenvalue weighted by atomic mass is 10.2. The van der Waals surface area contributed by atoms with Gasteiger partial charge in [-0.3, -0.25) is 14.3 Å². The molecule has 0 radical (unpaired) electrons. The van der Waals surface area contributed by atoms with Crippen LogP contribution in [0.3, 0.4) is 0 Å². The Bertz CT molecular complexity index is 468. The molecule has 0 saturated carbocycles. The topological polar surface area (TPSA) is 86.2 Å². The number of nitrogens with two attached hydrogens (primary N) is 1. The van der Waals surface area contributed by atoms with Crippen molar-refractivity contribution in [1.29, 1.82) is 0 Å². The molecule has 0 fully saturated rings. The van der Waals surface area contributed by atoms with E-state index in [1.165, 1.54) is 0 Å². The van der Waals surface area contributed by atoms with Gasteiger partial charge in [0.2, 0.25) is 0 Å². The first kappa shape index (κ1) is 14.7. The van der Waals surface area contributed by atoms with Gasteiger partial charge in [-0.15, -0.1) is 0 Å². The van der Waals surface area contributed by atoms with E-state index in [0.29, 0.717) is 13.0 Å². The highest BCUT2D eigenvalue weighted by molar-refractivity contribution is 7.84. The first-order chi connectivity index (χ1) is 8.45. The Hall–Kier alpha value is -1.34. The second kappa shape index (κ2) is 6.55. The third kappa shape index (κ3) is 3.85. The van der Waals surface area contributed by atoms with Crippen LogP contribution < -0.4 is 5.73 Å². The Kier molecular flexibility index (Phi) is 5.36. The molecule has 1 rings (SSSR count). The number of rotatable bonds is 6. The smallest absolute Gasteiger partial charge is 0.273 e. The minimum absolute atomic E-state index is 0.0325. The summed E-state index contributed by atoms with van der Waals surface area (Å²) in [7, 11) is -1.30. The van der Waals surface area contributed by atoms with Crippen molar-refractivity contribution in [3.8, 4) is 0 Å². The lowest BCUT2D eigenvalue weighted by Gasteiger charge is -2.10. The summed E-state index contributed by atoms with van der Waals surface area (Å²) in [6.45, 7) is 2.16. The maximum atomic E-state index is 13.1. The minimum Gasteiger partial charge on any atom is -0.330 e. The van der Waals surface area contributed by atoms with E-state index in [1.54, 1.807) is 6.92 Å². The zero-order chi connectivity index (χ0) is 13.7. The van der Waals surface area contributed by atoms with Crippen LogP contribution in [0.4, 0.5) is 10.1 Å². The molecule has 0 aromatic heterocycles. The first-order valence-corrected chi connectivity index (χ1v) is 6.84. The molecular formula is C11H15FN2O3S. The molecule has 0 saturated heterocycles. The van der Waals surface area contributed by atoms with Gasteiger partial charge < -0.3 is 5.73 Å². The van der Waals surface area contributed by atoms with Crippen LogP contribution in [-0.4, -0.2) is 20.9 Å². The van der Waals surface area contributed by atoms with E-state index in [4.69, 9.17) is 5.73 Å². The molecule has 0 bridgehead atoms. The number of nitro benzene ring substituents is 1. The molecule has 2 N–H and O–H groups in total. The van der Waals surface area contributed by atoms with Crippen molar-refractivity contribution < 1.29 is 13.5 Å². The van der Waals surface area contributed by atoms with Crippen LogP contribution in [0.25, 0.3) is 0 Å². The van der Waals surface area contributed by atoms with E-state index in [-0.39, 0.29) is 22.3 Å². The molecule has 1 aromatic carbocycles. The highest BCUT2D eigenvalue weighted by Gasteiger charge is 2.19. The second-order valence-corrected chi connectivity index (χ2v) is 5.80. The van der Waals surface area contributed by atoms with E-state index in [2.05, 4.69) is 0 Å². The molecule has 5 nitrogen and oxygen atoms in total. The summed E-state index contributed by atoms with van der Waals surface area (Å²) in [5, 5.41) is 10.6.